The van der Waals surface area contributed by atoms with Crippen LogP contribution in [0.3, 0.4) is 0 Å². The van der Waals surface area contributed by atoms with Crippen molar-refractivity contribution in [2.24, 2.45) is 5.16 Å². The fourth-order valence-corrected chi connectivity index (χ4v) is 1.71. The summed E-state index contributed by atoms with van der Waals surface area (Å²) in [6.07, 6.45) is 0. The van der Waals surface area contributed by atoms with Crippen molar-refractivity contribution in [3.8, 4) is 0 Å². The van der Waals surface area contributed by atoms with E-state index in [-0.39, 0.29) is 17.9 Å². The summed E-state index contributed by atoms with van der Waals surface area (Å²) in [5.74, 6) is -1.72. The molecule has 0 aliphatic heterocycles. The van der Waals surface area contributed by atoms with Crippen LogP contribution in [0.4, 0.5) is 0 Å². The highest BCUT2D eigenvalue weighted by Crippen LogP contribution is 2.04. The average molecular weight is 283 g/mol. The third-order valence-electron chi connectivity index (χ3n) is 2.79. The molecule has 2 rings (SSSR count). The molecule has 5 heteroatoms. The fourth-order valence-electron chi connectivity index (χ4n) is 1.71. The Kier molecular flexibility index (Phi) is 4.82. The molecule has 0 aromatic heterocycles. The quantitative estimate of drug-likeness (QED) is 0.228. The number of nitrogens with zero attached hydrogens (tertiary/aromatic N) is 1. The van der Waals surface area contributed by atoms with E-state index in [9.17, 15) is 9.59 Å². The van der Waals surface area contributed by atoms with Gasteiger partial charge in [0.25, 0.3) is 5.78 Å². The van der Waals surface area contributed by atoms with Gasteiger partial charge >= 0.3 is 5.97 Å². The van der Waals surface area contributed by atoms with Crippen molar-refractivity contribution in [1.82, 2.24) is 0 Å². The van der Waals surface area contributed by atoms with Gasteiger partial charge in [0.05, 0.1) is 0 Å². The number of ether oxygens (including phenoxy) is 1. The van der Waals surface area contributed by atoms with Crippen molar-refractivity contribution in [2.45, 2.75) is 0 Å². The predicted molar refractivity (Wildman–Crippen MR) is 76.5 cm³/mol. The maximum absolute atomic E-state index is 11.8. The molecule has 0 aliphatic carbocycles. The molecule has 0 saturated carbocycles. The van der Waals surface area contributed by atoms with Gasteiger partial charge in [0.2, 0.25) is 0 Å². The molecule has 0 spiro atoms. The second-order valence-corrected chi connectivity index (χ2v) is 4.18. The van der Waals surface area contributed by atoms with E-state index < -0.39 is 11.8 Å². The molecular weight excluding hydrogens is 270 g/mol. The Bertz CT molecular complexity index is 650. The molecule has 2 aromatic carbocycles. The van der Waals surface area contributed by atoms with Crippen LogP contribution in [0.15, 0.2) is 65.8 Å². The van der Waals surface area contributed by atoms with E-state index in [1.165, 1.54) is 12.1 Å². The summed E-state index contributed by atoms with van der Waals surface area (Å²) in [5.41, 5.74) is 1.04. The number of carbonyl (C=O) groups excluding carboxylic acids is 2. The van der Waals surface area contributed by atoms with Crippen LogP contribution in [0, 0.1) is 0 Å². The molecule has 21 heavy (non-hydrogen) atoms. The molecule has 0 fully saturated rings. The van der Waals surface area contributed by atoms with Crippen molar-refractivity contribution in [3.05, 3.63) is 71.8 Å². The van der Waals surface area contributed by atoms with Gasteiger partial charge in [0, 0.05) is 11.1 Å². The molecule has 0 saturated heterocycles. The van der Waals surface area contributed by atoms with Gasteiger partial charge in [0.1, 0.15) is 12.3 Å². The van der Waals surface area contributed by atoms with E-state index in [1.54, 1.807) is 42.5 Å². The third-order valence-corrected chi connectivity index (χ3v) is 2.79. The molecule has 106 valence electrons. The van der Waals surface area contributed by atoms with Gasteiger partial charge < -0.3 is 9.94 Å². The Morgan fingerprint density at radius 3 is 1.95 bits per heavy atom. The highest BCUT2D eigenvalue weighted by Gasteiger charge is 2.18. The number of benzene rings is 2. The Morgan fingerprint density at radius 2 is 1.43 bits per heavy atom. The van der Waals surface area contributed by atoms with E-state index in [0.717, 1.165) is 0 Å². The van der Waals surface area contributed by atoms with Crippen molar-refractivity contribution in [3.63, 3.8) is 0 Å². The molecule has 0 bridgehead atoms. The predicted octanol–water partition coefficient (Wildman–Crippen LogP) is 2.29. The first-order chi connectivity index (χ1) is 10.2. The Labute approximate surface area is 121 Å². The summed E-state index contributed by atoms with van der Waals surface area (Å²) in [4.78, 5) is 23.5. The van der Waals surface area contributed by atoms with Gasteiger partial charge in [-0.15, -0.1) is 0 Å². The van der Waals surface area contributed by atoms with Crippen LogP contribution < -0.4 is 0 Å². The molecule has 5 nitrogen and oxygen atoms in total. The second-order valence-electron chi connectivity index (χ2n) is 4.18. The minimum absolute atomic E-state index is 0.171. The van der Waals surface area contributed by atoms with Crippen molar-refractivity contribution >= 4 is 17.5 Å². The highest BCUT2D eigenvalue weighted by atomic mass is 16.5. The van der Waals surface area contributed by atoms with Crippen molar-refractivity contribution < 1.29 is 19.5 Å². The molecule has 0 amide bonds. The SMILES string of the molecule is O=C(OC/C(=N/O)c1ccccc1)C(=O)c1ccccc1. The van der Waals surface area contributed by atoms with Crippen LogP contribution in [0.25, 0.3) is 0 Å². The third kappa shape index (κ3) is 3.76. The topological polar surface area (TPSA) is 76.0 Å². The summed E-state index contributed by atoms with van der Waals surface area (Å²) in [6, 6.07) is 16.9. The standard InChI is InChI=1S/C16H13NO4/c18-15(13-9-5-2-6-10-13)16(19)21-11-14(17-20)12-7-3-1-4-8-12/h1-10,20H,11H2/b17-14-. The first-order valence-corrected chi connectivity index (χ1v) is 6.25. The van der Waals surface area contributed by atoms with E-state index in [4.69, 9.17) is 9.94 Å². The van der Waals surface area contributed by atoms with Crippen LogP contribution in [0.5, 0.6) is 0 Å². The zero-order chi connectivity index (χ0) is 15.1. The Hall–Kier alpha value is -2.95. The fraction of sp³-hybridized carbons (Fsp3) is 0.0625. The molecule has 0 atom stereocenters. The molecule has 0 aliphatic rings. The molecule has 0 heterocycles. The molecule has 0 radical (unpaired) electrons. The van der Waals surface area contributed by atoms with E-state index >= 15 is 0 Å². The number of carbonyl (C=O) groups is 2. The maximum atomic E-state index is 11.8. The van der Waals surface area contributed by atoms with Gasteiger partial charge in [-0.3, -0.25) is 4.79 Å². The lowest BCUT2D eigenvalue weighted by Crippen LogP contribution is -2.22. The number of hydrogen-bond acceptors (Lipinski definition) is 5. The lowest BCUT2D eigenvalue weighted by molar-refractivity contribution is -0.136. The minimum atomic E-state index is -0.988. The summed E-state index contributed by atoms with van der Waals surface area (Å²) in [7, 11) is 0. The molecule has 2 aromatic rings. The number of rotatable bonds is 5. The maximum Gasteiger partial charge on any atom is 0.380 e. The molecule has 0 unspecified atom stereocenters. The molecule has 1 N–H and O–H groups in total. The minimum Gasteiger partial charge on any atom is -0.453 e. The van der Waals surface area contributed by atoms with Gasteiger partial charge in [0.15, 0.2) is 0 Å². The number of ketones is 1. The zero-order valence-electron chi connectivity index (χ0n) is 11.1. The van der Waals surface area contributed by atoms with Crippen LogP contribution in [0.2, 0.25) is 0 Å². The first kappa shape index (κ1) is 14.5. The van der Waals surface area contributed by atoms with E-state index in [1.807, 2.05) is 6.07 Å². The first-order valence-electron chi connectivity index (χ1n) is 6.25. The number of hydrogen-bond donors (Lipinski definition) is 1. The van der Waals surface area contributed by atoms with Crippen LogP contribution in [-0.2, 0) is 9.53 Å². The largest absolute Gasteiger partial charge is 0.453 e. The van der Waals surface area contributed by atoms with Crippen LogP contribution in [0.1, 0.15) is 15.9 Å². The number of esters is 1. The number of Topliss-reactive ketones (excluding diaryl/α,β-unsaturated/α-hetero) is 1. The summed E-state index contributed by atoms with van der Waals surface area (Å²) in [5, 5.41) is 12.1. The lowest BCUT2D eigenvalue weighted by atomic mass is 10.1. The Balaban J connectivity index is 1.99. The van der Waals surface area contributed by atoms with Crippen LogP contribution >= 0.6 is 0 Å². The average Bonchev–Trinajstić information content (AvgIpc) is 2.56. The van der Waals surface area contributed by atoms with Crippen molar-refractivity contribution in [1.29, 1.82) is 0 Å². The summed E-state index contributed by atoms with van der Waals surface area (Å²) in [6.45, 7) is -0.280. The van der Waals surface area contributed by atoms with Gasteiger partial charge in [-0.25, -0.2) is 4.79 Å². The smallest absolute Gasteiger partial charge is 0.380 e. The molecular formula is C16H13NO4. The van der Waals surface area contributed by atoms with Gasteiger partial charge in [-0.1, -0.05) is 65.8 Å². The summed E-state index contributed by atoms with van der Waals surface area (Å²) >= 11 is 0. The summed E-state index contributed by atoms with van der Waals surface area (Å²) < 4.78 is 4.89. The zero-order valence-corrected chi connectivity index (χ0v) is 11.1. The Morgan fingerprint density at radius 1 is 0.905 bits per heavy atom. The van der Waals surface area contributed by atoms with E-state index in [0.29, 0.717) is 5.56 Å². The van der Waals surface area contributed by atoms with Gasteiger partial charge in [-0.2, -0.15) is 0 Å². The van der Waals surface area contributed by atoms with Crippen molar-refractivity contribution in [2.75, 3.05) is 6.61 Å². The monoisotopic (exact) mass is 283 g/mol. The lowest BCUT2D eigenvalue weighted by Gasteiger charge is -2.06. The second kappa shape index (κ2) is 7.00. The normalized spacial score (nSPS) is 11.0. The highest BCUT2D eigenvalue weighted by molar-refractivity contribution is 6.40. The number of oxime groups is 1. The van der Waals surface area contributed by atoms with E-state index in [2.05, 4.69) is 5.16 Å². The van der Waals surface area contributed by atoms with Crippen LogP contribution in [-0.4, -0.2) is 29.3 Å². The van der Waals surface area contributed by atoms with Gasteiger partial charge in [-0.05, 0) is 0 Å².